The van der Waals surface area contributed by atoms with Gasteiger partial charge in [0.15, 0.2) is 5.82 Å². The SMILES string of the molecule is CCC1CCCN1c1nc[nH]c(=O)c1Br. The maximum absolute atomic E-state index is 11.4. The van der Waals surface area contributed by atoms with Gasteiger partial charge in [0.2, 0.25) is 0 Å². The van der Waals surface area contributed by atoms with Gasteiger partial charge in [0.1, 0.15) is 4.47 Å². The fourth-order valence-electron chi connectivity index (χ4n) is 2.11. The van der Waals surface area contributed by atoms with Gasteiger partial charge in [0.25, 0.3) is 5.56 Å². The van der Waals surface area contributed by atoms with Gasteiger partial charge < -0.3 is 9.88 Å². The van der Waals surface area contributed by atoms with Crippen LogP contribution in [0.15, 0.2) is 15.6 Å². The van der Waals surface area contributed by atoms with Gasteiger partial charge in [-0.3, -0.25) is 4.79 Å². The molecule has 1 aliphatic rings. The van der Waals surface area contributed by atoms with Crippen LogP contribution in [-0.4, -0.2) is 22.6 Å². The van der Waals surface area contributed by atoms with Gasteiger partial charge in [0, 0.05) is 12.6 Å². The van der Waals surface area contributed by atoms with Gasteiger partial charge in [-0.25, -0.2) is 4.98 Å². The number of anilines is 1. The van der Waals surface area contributed by atoms with Gasteiger partial charge in [-0.05, 0) is 35.2 Å². The molecule has 0 saturated carbocycles. The lowest BCUT2D eigenvalue weighted by Gasteiger charge is -2.25. The van der Waals surface area contributed by atoms with Crippen molar-refractivity contribution in [3.05, 3.63) is 21.2 Å². The fraction of sp³-hybridized carbons (Fsp3) is 0.600. The second kappa shape index (κ2) is 4.35. The molecular formula is C10H14BrN3O. The second-order valence-electron chi connectivity index (χ2n) is 3.77. The Bertz CT molecular complexity index is 404. The van der Waals surface area contributed by atoms with E-state index in [9.17, 15) is 4.79 Å². The molecule has 0 spiro atoms. The van der Waals surface area contributed by atoms with Crippen LogP contribution in [0, 0.1) is 0 Å². The van der Waals surface area contributed by atoms with E-state index in [0.29, 0.717) is 10.5 Å². The van der Waals surface area contributed by atoms with Gasteiger partial charge in [-0.15, -0.1) is 0 Å². The van der Waals surface area contributed by atoms with E-state index >= 15 is 0 Å². The molecule has 1 atom stereocenters. The van der Waals surface area contributed by atoms with E-state index in [1.807, 2.05) is 0 Å². The van der Waals surface area contributed by atoms with E-state index in [1.165, 1.54) is 19.2 Å². The van der Waals surface area contributed by atoms with Crippen LogP contribution in [0.3, 0.4) is 0 Å². The monoisotopic (exact) mass is 271 g/mol. The Morgan fingerprint density at radius 2 is 2.53 bits per heavy atom. The van der Waals surface area contributed by atoms with Gasteiger partial charge in [-0.2, -0.15) is 0 Å². The van der Waals surface area contributed by atoms with Crippen molar-refractivity contribution in [2.45, 2.75) is 32.2 Å². The fourth-order valence-corrected chi connectivity index (χ4v) is 2.56. The van der Waals surface area contributed by atoms with Crippen LogP contribution in [0.5, 0.6) is 0 Å². The lowest BCUT2D eigenvalue weighted by atomic mass is 10.2. The highest BCUT2D eigenvalue weighted by Crippen LogP contribution is 2.28. The van der Waals surface area contributed by atoms with Crippen molar-refractivity contribution in [3.63, 3.8) is 0 Å². The van der Waals surface area contributed by atoms with Crippen LogP contribution in [0.2, 0.25) is 0 Å². The minimum atomic E-state index is -0.109. The highest BCUT2D eigenvalue weighted by atomic mass is 79.9. The molecule has 82 valence electrons. The summed E-state index contributed by atoms with van der Waals surface area (Å²) in [4.78, 5) is 20.4. The van der Waals surface area contributed by atoms with E-state index in [4.69, 9.17) is 0 Å². The smallest absolute Gasteiger partial charge is 0.267 e. The van der Waals surface area contributed by atoms with Crippen LogP contribution in [0.4, 0.5) is 5.82 Å². The average Bonchev–Trinajstić information content (AvgIpc) is 2.70. The van der Waals surface area contributed by atoms with Crippen LogP contribution in [-0.2, 0) is 0 Å². The quantitative estimate of drug-likeness (QED) is 0.894. The first kappa shape index (κ1) is 10.7. The normalized spacial score (nSPS) is 20.9. The van der Waals surface area contributed by atoms with Crippen LogP contribution in [0.1, 0.15) is 26.2 Å². The van der Waals surface area contributed by atoms with Crippen molar-refractivity contribution in [2.75, 3.05) is 11.4 Å². The Morgan fingerprint density at radius 1 is 1.73 bits per heavy atom. The maximum Gasteiger partial charge on any atom is 0.267 e. The number of aromatic amines is 1. The third-order valence-electron chi connectivity index (χ3n) is 2.90. The first-order valence-electron chi connectivity index (χ1n) is 5.24. The average molecular weight is 272 g/mol. The number of hydrogen-bond donors (Lipinski definition) is 1. The molecule has 0 aromatic carbocycles. The van der Waals surface area contributed by atoms with Gasteiger partial charge >= 0.3 is 0 Å². The molecule has 5 heteroatoms. The molecule has 2 heterocycles. The number of H-pyrrole nitrogens is 1. The lowest BCUT2D eigenvalue weighted by Crippen LogP contribution is -2.31. The predicted octanol–water partition coefficient (Wildman–Crippen LogP) is 1.91. The van der Waals surface area contributed by atoms with E-state index in [-0.39, 0.29) is 5.56 Å². The number of nitrogens with zero attached hydrogens (tertiary/aromatic N) is 2. The summed E-state index contributed by atoms with van der Waals surface area (Å²) in [7, 11) is 0. The first-order valence-corrected chi connectivity index (χ1v) is 6.03. The molecule has 1 aromatic rings. The predicted molar refractivity (Wildman–Crippen MR) is 63.2 cm³/mol. The molecule has 2 rings (SSSR count). The Balaban J connectivity index is 2.36. The van der Waals surface area contributed by atoms with Crippen LogP contribution < -0.4 is 10.5 Å². The van der Waals surface area contributed by atoms with E-state index in [2.05, 4.69) is 37.7 Å². The molecule has 1 aliphatic heterocycles. The highest BCUT2D eigenvalue weighted by Gasteiger charge is 2.26. The summed E-state index contributed by atoms with van der Waals surface area (Å²) in [6, 6.07) is 0.524. The molecule has 1 N–H and O–H groups in total. The van der Waals surface area contributed by atoms with Crippen molar-refractivity contribution >= 4 is 21.7 Å². The summed E-state index contributed by atoms with van der Waals surface area (Å²) in [6.45, 7) is 3.16. The molecule has 15 heavy (non-hydrogen) atoms. The van der Waals surface area contributed by atoms with Crippen LogP contribution >= 0.6 is 15.9 Å². The Kier molecular flexibility index (Phi) is 3.09. The number of hydrogen-bond acceptors (Lipinski definition) is 3. The zero-order valence-electron chi connectivity index (χ0n) is 8.66. The Morgan fingerprint density at radius 3 is 3.27 bits per heavy atom. The molecule has 0 radical (unpaired) electrons. The molecule has 1 aromatic heterocycles. The number of halogens is 1. The van der Waals surface area contributed by atoms with E-state index in [1.54, 1.807) is 0 Å². The van der Waals surface area contributed by atoms with Crippen molar-refractivity contribution in [1.82, 2.24) is 9.97 Å². The molecule has 1 saturated heterocycles. The maximum atomic E-state index is 11.4. The second-order valence-corrected chi connectivity index (χ2v) is 4.56. The van der Waals surface area contributed by atoms with Crippen molar-refractivity contribution in [2.24, 2.45) is 0 Å². The molecule has 1 unspecified atom stereocenters. The third-order valence-corrected chi connectivity index (χ3v) is 3.61. The summed E-state index contributed by atoms with van der Waals surface area (Å²) in [6.07, 6.45) is 4.94. The zero-order chi connectivity index (χ0) is 10.8. The Hall–Kier alpha value is -0.840. The topological polar surface area (TPSA) is 49.0 Å². The van der Waals surface area contributed by atoms with Crippen LogP contribution in [0.25, 0.3) is 0 Å². The largest absolute Gasteiger partial charge is 0.352 e. The number of nitrogens with one attached hydrogen (secondary N) is 1. The van der Waals surface area contributed by atoms with Crippen molar-refractivity contribution in [3.8, 4) is 0 Å². The highest BCUT2D eigenvalue weighted by molar-refractivity contribution is 9.10. The van der Waals surface area contributed by atoms with Crippen molar-refractivity contribution in [1.29, 1.82) is 0 Å². The molecule has 4 nitrogen and oxygen atoms in total. The van der Waals surface area contributed by atoms with Gasteiger partial charge in [-0.1, -0.05) is 6.92 Å². The molecule has 0 bridgehead atoms. The molecule has 1 fully saturated rings. The number of rotatable bonds is 2. The first-order chi connectivity index (χ1) is 7.24. The van der Waals surface area contributed by atoms with Crippen molar-refractivity contribution < 1.29 is 0 Å². The summed E-state index contributed by atoms with van der Waals surface area (Å²) < 4.78 is 0.547. The molecule has 0 aliphatic carbocycles. The van der Waals surface area contributed by atoms with E-state index < -0.39 is 0 Å². The standard InChI is InChI=1S/C10H14BrN3O/c1-2-7-4-3-5-14(7)9-8(11)10(15)13-6-12-9/h6-7H,2-5H2,1H3,(H,12,13,15). The molecule has 0 amide bonds. The Labute approximate surface area is 96.8 Å². The zero-order valence-corrected chi connectivity index (χ0v) is 10.2. The summed E-state index contributed by atoms with van der Waals surface area (Å²) in [5.74, 6) is 0.781. The van der Waals surface area contributed by atoms with Gasteiger partial charge in [0.05, 0.1) is 6.33 Å². The minimum Gasteiger partial charge on any atom is -0.352 e. The minimum absolute atomic E-state index is 0.109. The summed E-state index contributed by atoms with van der Waals surface area (Å²) in [5, 5.41) is 0. The number of aromatic nitrogens is 2. The lowest BCUT2D eigenvalue weighted by molar-refractivity contribution is 0.638. The van der Waals surface area contributed by atoms with E-state index in [0.717, 1.165) is 18.8 Å². The third kappa shape index (κ3) is 1.93. The summed E-state index contributed by atoms with van der Waals surface area (Å²) >= 11 is 3.30. The summed E-state index contributed by atoms with van der Waals surface area (Å²) in [5.41, 5.74) is -0.109. The molecular weight excluding hydrogens is 258 g/mol.